The third kappa shape index (κ3) is 2.87. The summed E-state index contributed by atoms with van der Waals surface area (Å²) in [5, 5.41) is 0. The first-order chi connectivity index (χ1) is 6.99. The quantitative estimate of drug-likeness (QED) is 0.584. The second-order valence-corrected chi connectivity index (χ2v) is 4.43. The number of nitrogens with zero attached hydrogens (tertiary/aromatic N) is 2. The Labute approximate surface area is 90.0 Å². The van der Waals surface area contributed by atoms with Crippen molar-refractivity contribution in [1.82, 2.24) is 9.97 Å². The Morgan fingerprint density at radius 2 is 2.13 bits per heavy atom. The second kappa shape index (κ2) is 4.55. The van der Waals surface area contributed by atoms with E-state index in [4.69, 9.17) is 10.6 Å². The highest BCUT2D eigenvalue weighted by atomic mass is 16.5. The van der Waals surface area contributed by atoms with E-state index in [1.165, 1.54) is 0 Å². The molecule has 0 fully saturated rings. The zero-order valence-corrected chi connectivity index (χ0v) is 9.61. The van der Waals surface area contributed by atoms with Crippen molar-refractivity contribution < 1.29 is 4.74 Å². The number of hydrogen-bond acceptors (Lipinski definition) is 5. The van der Waals surface area contributed by atoms with E-state index in [9.17, 15) is 0 Å². The number of rotatable bonds is 3. The average molecular weight is 210 g/mol. The first-order valence-electron chi connectivity index (χ1n) is 4.81. The van der Waals surface area contributed by atoms with Crippen molar-refractivity contribution in [2.45, 2.75) is 26.9 Å². The van der Waals surface area contributed by atoms with Crippen molar-refractivity contribution in [3.63, 3.8) is 0 Å². The molecule has 0 radical (unpaired) electrons. The van der Waals surface area contributed by atoms with Crippen LogP contribution in [0.4, 0.5) is 5.82 Å². The van der Waals surface area contributed by atoms with Crippen molar-refractivity contribution in [2.24, 2.45) is 11.3 Å². The monoisotopic (exact) mass is 210 g/mol. The highest BCUT2D eigenvalue weighted by Gasteiger charge is 2.28. The molecule has 0 aliphatic heterocycles. The van der Waals surface area contributed by atoms with Gasteiger partial charge >= 0.3 is 0 Å². The summed E-state index contributed by atoms with van der Waals surface area (Å²) in [4.78, 5) is 8.45. The van der Waals surface area contributed by atoms with E-state index in [2.05, 4.69) is 36.2 Å². The zero-order valence-electron chi connectivity index (χ0n) is 9.61. The minimum atomic E-state index is -0.147. The molecular formula is C10H18N4O. The molecule has 1 rings (SSSR count). The molecule has 0 saturated heterocycles. The lowest BCUT2D eigenvalue weighted by atomic mass is 9.88. The van der Waals surface area contributed by atoms with Crippen LogP contribution in [0.3, 0.4) is 0 Å². The molecule has 0 bridgehead atoms. The summed E-state index contributed by atoms with van der Waals surface area (Å²) in [6.45, 7) is 6.23. The van der Waals surface area contributed by atoms with Crippen molar-refractivity contribution >= 4 is 5.82 Å². The fraction of sp³-hybridized carbons (Fsp3) is 0.600. The van der Waals surface area contributed by atoms with Crippen molar-refractivity contribution in [3.8, 4) is 0 Å². The fourth-order valence-corrected chi connectivity index (χ4v) is 1.43. The molecule has 0 amide bonds. The van der Waals surface area contributed by atoms with Crippen LogP contribution >= 0.6 is 0 Å². The number of hydrazine groups is 1. The number of nitrogen functional groups attached to an aromatic ring is 1. The van der Waals surface area contributed by atoms with Crippen molar-refractivity contribution in [2.75, 3.05) is 12.5 Å². The predicted molar refractivity (Wildman–Crippen MR) is 59.0 cm³/mol. The van der Waals surface area contributed by atoms with E-state index in [1.807, 2.05) is 0 Å². The maximum atomic E-state index is 5.41. The van der Waals surface area contributed by atoms with Crippen LogP contribution in [-0.4, -0.2) is 17.1 Å². The Morgan fingerprint density at radius 3 is 2.60 bits per heavy atom. The van der Waals surface area contributed by atoms with Gasteiger partial charge in [-0.3, -0.25) is 0 Å². The second-order valence-electron chi connectivity index (χ2n) is 4.43. The lowest BCUT2D eigenvalue weighted by molar-refractivity contribution is 0.00875. The number of ether oxygens (including phenoxy) is 1. The Balaban J connectivity index is 3.02. The molecule has 1 heterocycles. The highest BCUT2D eigenvalue weighted by Crippen LogP contribution is 2.33. The van der Waals surface area contributed by atoms with Gasteiger partial charge in [-0.25, -0.2) is 15.8 Å². The van der Waals surface area contributed by atoms with Gasteiger partial charge in [0.15, 0.2) is 5.82 Å². The van der Waals surface area contributed by atoms with Crippen LogP contribution in [0.5, 0.6) is 0 Å². The molecule has 15 heavy (non-hydrogen) atoms. The molecule has 84 valence electrons. The Kier molecular flexibility index (Phi) is 3.60. The summed E-state index contributed by atoms with van der Waals surface area (Å²) in [5.41, 5.74) is 2.44. The molecule has 5 heteroatoms. The van der Waals surface area contributed by atoms with Crippen LogP contribution in [0.1, 0.15) is 32.7 Å². The Bertz CT molecular complexity index is 321. The molecule has 5 nitrogen and oxygen atoms in total. The van der Waals surface area contributed by atoms with Gasteiger partial charge in [0.25, 0.3) is 0 Å². The molecule has 0 aromatic carbocycles. The molecule has 0 saturated carbocycles. The Hall–Kier alpha value is -1.20. The van der Waals surface area contributed by atoms with Gasteiger partial charge in [0.1, 0.15) is 11.9 Å². The number of methoxy groups -OCH3 is 1. The lowest BCUT2D eigenvalue weighted by Crippen LogP contribution is -2.23. The van der Waals surface area contributed by atoms with E-state index in [0.717, 1.165) is 0 Å². The third-order valence-electron chi connectivity index (χ3n) is 2.08. The van der Waals surface area contributed by atoms with Gasteiger partial charge in [-0.2, -0.15) is 0 Å². The summed E-state index contributed by atoms with van der Waals surface area (Å²) in [6.07, 6.45) is 1.51. The molecule has 0 aliphatic carbocycles. The van der Waals surface area contributed by atoms with Gasteiger partial charge in [-0.1, -0.05) is 20.8 Å². The normalized spacial score (nSPS) is 13.7. The summed E-state index contributed by atoms with van der Waals surface area (Å²) < 4.78 is 5.41. The number of nitrogens with one attached hydrogen (secondary N) is 1. The van der Waals surface area contributed by atoms with Gasteiger partial charge in [-0.05, 0) is 5.41 Å². The topological polar surface area (TPSA) is 73.1 Å². The first kappa shape index (κ1) is 11.9. The molecule has 1 aromatic heterocycles. The van der Waals surface area contributed by atoms with Crippen LogP contribution in [0.25, 0.3) is 0 Å². The van der Waals surface area contributed by atoms with E-state index in [1.54, 1.807) is 19.4 Å². The number of aromatic nitrogens is 2. The average Bonchev–Trinajstić information content (AvgIpc) is 2.17. The first-order valence-corrected chi connectivity index (χ1v) is 4.81. The minimum Gasteiger partial charge on any atom is -0.373 e. The molecule has 1 aromatic rings. The third-order valence-corrected chi connectivity index (χ3v) is 2.08. The maximum Gasteiger partial charge on any atom is 0.160 e. The SMILES string of the molecule is COC(c1nccc(NN)n1)C(C)(C)C. The van der Waals surface area contributed by atoms with E-state index in [-0.39, 0.29) is 11.5 Å². The van der Waals surface area contributed by atoms with Crippen LogP contribution in [0.15, 0.2) is 12.3 Å². The molecule has 0 spiro atoms. The zero-order chi connectivity index (χ0) is 11.5. The van der Waals surface area contributed by atoms with Gasteiger partial charge in [0.2, 0.25) is 0 Å². The van der Waals surface area contributed by atoms with Crippen molar-refractivity contribution in [3.05, 3.63) is 18.1 Å². The molecule has 1 unspecified atom stereocenters. The lowest BCUT2D eigenvalue weighted by Gasteiger charge is -2.27. The van der Waals surface area contributed by atoms with Crippen LogP contribution in [0.2, 0.25) is 0 Å². The van der Waals surface area contributed by atoms with E-state index >= 15 is 0 Å². The summed E-state index contributed by atoms with van der Waals surface area (Å²) >= 11 is 0. The smallest absolute Gasteiger partial charge is 0.160 e. The standard InChI is InChI=1S/C10H18N4O/c1-10(2,3)8(15-4)9-12-6-5-7(13-9)14-11/h5-6,8H,11H2,1-4H3,(H,12,13,14). The van der Waals surface area contributed by atoms with Crippen LogP contribution in [0, 0.1) is 5.41 Å². The molecule has 1 atom stereocenters. The van der Waals surface area contributed by atoms with Gasteiger partial charge < -0.3 is 10.2 Å². The summed E-state index contributed by atoms with van der Waals surface area (Å²) in [6, 6.07) is 1.71. The van der Waals surface area contributed by atoms with Gasteiger partial charge in [0.05, 0.1) is 0 Å². The Morgan fingerprint density at radius 1 is 1.47 bits per heavy atom. The number of nitrogens with two attached hydrogens (primary N) is 1. The largest absolute Gasteiger partial charge is 0.373 e. The fourth-order valence-electron chi connectivity index (χ4n) is 1.43. The van der Waals surface area contributed by atoms with Gasteiger partial charge in [0, 0.05) is 19.4 Å². The molecule has 0 aliphatic rings. The van der Waals surface area contributed by atoms with Crippen molar-refractivity contribution in [1.29, 1.82) is 0 Å². The number of anilines is 1. The molecular weight excluding hydrogens is 192 g/mol. The van der Waals surface area contributed by atoms with E-state index in [0.29, 0.717) is 11.6 Å². The molecule has 3 N–H and O–H groups in total. The van der Waals surface area contributed by atoms with Gasteiger partial charge in [-0.15, -0.1) is 0 Å². The van der Waals surface area contributed by atoms with Crippen LogP contribution < -0.4 is 11.3 Å². The van der Waals surface area contributed by atoms with E-state index < -0.39 is 0 Å². The predicted octanol–water partition coefficient (Wildman–Crippen LogP) is 1.50. The number of hydrogen-bond donors (Lipinski definition) is 2. The minimum absolute atomic E-state index is 0.0536. The summed E-state index contributed by atoms with van der Waals surface area (Å²) in [7, 11) is 1.65. The summed E-state index contributed by atoms with van der Waals surface area (Å²) in [5.74, 6) is 6.52. The van der Waals surface area contributed by atoms with Crippen LogP contribution in [-0.2, 0) is 4.74 Å². The maximum absolute atomic E-state index is 5.41. The highest BCUT2D eigenvalue weighted by molar-refractivity contribution is 5.31.